The van der Waals surface area contributed by atoms with Crippen molar-refractivity contribution < 1.29 is 24.1 Å². The van der Waals surface area contributed by atoms with Crippen molar-refractivity contribution in [1.29, 1.82) is 0 Å². The summed E-state index contributed by atoms with van der Waals surface area (Å²) < 4.78 is 22.6. The molecule has 0 aromatic carbocycles. The molecule has 1 fully saturated rings. The zero-order valence-electron chi connectivity index (χ0n) is 13.5. The van der Waals surface area contributed by atoms with Gasteiger partial charge in [-0.15, -0.1) is 6.58 Å². The van der Waals surface area contributed by atoms with Gasteiger partial charge < -0.3 is 24.1 Å². The highest BCUT2D eigenvalue weighted by Gasteiger charge is 2.54. The molecule has 1 aliphatic heterocycles. The molecule has 0 radical (unpaired) electrons. The molecule has 0 saturated carbocycles. The minimum absolute atomic E-state index is 0.310. The minimum atomic E-state index is -0.860. The molecule has 1 heterocycles. The van der Waals surface area contributed by atoms with Crippen LogP contribution in [0.4, 0.5) is 0 Å². The molecule has 0 aromatic heterocycles. The van der Waals surface area contributed by atoms with Gasteiger partial charge >= 0.3 is 0 Å². The molecule has 4 atom stereocenters. The van der Waals surface area contributed by atoms with E-state index in [-0.39, 0.29) is 0 Å². The average molecular weight is 302 g/mol. The van der Waals surface area contributed by atoms with Crippen LogP contribution in [0.25, 0.3) is 0 Å². The van der Waals surface area contributed by atoms with Gasteiger partial charge in [0.25, 0.3) is 0 Å². The van der Waals surface area contributed by atoms with Crippen molar-refractivity contribution >= 4 is 0 Å². The van der Waals surface area contributed by atoms with Crippen LogP contribution < -0.4 is 0 Å². The van der Waals surface area contributed by atoms with Gasteiger partial charge in [0.05, 0.1) is 6.61 Å². The van der Waals surface area contributed by atoms with Crippen LogP contribution in [0.2, 0.25) is 0 Å². The van der Waals surface area contributed by atoms with E-state index in [0.29, 0.717) is 19.8 Å². The number of hydrogen-bond donors (Lipinski definition) is 1. The van der Waals surface area contributed by atoms with Gasteiger partial charge in [0.2, 0.25) is 0 Å². The predicted molar refractivity (Wildman–Crippen MR) is 81.2 cm³/mol. The van der Waals surface area contributed by atoms with E-state index in [9.17, 15) is 5.11 Å². The molecule has 1 unspecified atom stereocenters. The first-order valence-corrected chi connectivity index (χ1v) is 7.86. The molecule has 1 N–H and O–H groups in total. The summed E-state index contributed by atoms with van der Waals surface area (Å²) in [6.45, 7) is 9.59. The Morgan fingerprint density at radius 2 is 1.90 bits per heavy atom. The summed E-state index contributed by atoms with van der Waals surface area (Å²) >= 11 is 0. The van der Waals surface area contributed by atoms with Crippen LogP contribution in [0.3, 0.4) is 0 Å². The van der Waals surface area contributed by atoms with E-state index in [0.717, 1.165) is 25.7 Å². The molecule has 0 aromatic rings. The van der Waals surface area contributed by atoms with Crippen molar-refractivity contribution in [3.8, 4) is 0 Å². The van der Waals surface area contributed by atoms with Crippen LogP contribution >= 0.6 is 0 Å². The molecular formula is C16H30O5. The van der Waals surface area contributed by atoms with E-state index in [1.807, 2.05) is 0 Å². The molecule has 0 bridgehead atoms. The molecule has 0 spiro atoms. The topological polar surface area (TPSA) is 57.2 Å². The largest absolute Gasteiger partial charge is 0.385 e. The van der Waals surface area contributed by atoms with Crippen LogP contribution in [-0.2, 0) is 18.9 Å². The first kappa shape index (κ1) is 18.6. The van der Waals surface area contributed by atoms with Gasteiger partial charge in [0, 0.05) is 20.3 Å². The Labute approximate surface area is 128 Å². The summed E-state index contributed by atoms with van der Waals surface area (Å²) in [5, 5.41) is 10.3. The maximum Gasteiger partial charge on any atom is 0.187 e. The summed E-state index contributed by atoms with van der Waals surface area (Å²) in [7, 11) is 1.51. The third kappa shape index (κ3) is 4.76. The van der Waals surface area contributed by atoms with Crippen LogP contribution in [-0.4, -0.2) is 56.1 Å². The Morgan fingerprint density at radius 1 is 1.24 bits per heavy atom. The first-order valence-electron chi connectivity index (χ1n) is 7.86. The zero-order chi connectivity index (χ0) is 15.7. The molecule has 21 heavy (non-hydrogen) atoms. The van der Waals surface area contributed by atoms with Crippen molar-refractivity contribution in [3.05, 3.63) is 12.7 Å². The van der Waals surface area contributed by atoms with Gasteiger partial charge in [-0.3, -0.25) is 0 Å². The highest BCUT2D eigenvalue weighted by atomic mass is 16.7. The second-order valence-corrected chi connectivity index (χ2v) is 5.42. The smallest absolute Gasteiger partial charge is 0.187 e. The van der Waals surface area contributed by atoms with Crippen LogP contribution in [0.1, 0.15) is 39.5 Å². The van der Waals surface area contributed by atoms with E-state index in [2.05, 4.69) is 20.4 Å². The number of rotatable bonds is 11. The Morgan fingerprint density at radius 3 is 2.48 bits per heavy atom. The Bertz CT molecular complexity index is 296. The van der Waals surface area contributed by atoms with Gasteiger partial charge in [0.15, 0.2) is 6.29 Å². The standard InChI is InChI=1S/C16H30O5/c1-5-8-10-19-12-16(7-3)14(20-11-9-6-2)13(17)15(18-4)21-16/h7,13-15,17H,3,5-6,8-12H2,1-2,4H3/t13-,14+,15?,16-/m1/s1. The number of unbranched alkanes of at least 4 members (excludes halogenated alkanes) is 2. The van der Waals surface area contributed by atoms with E-state index in [4.69, 9.17) is 18.9 Å². The summed E-state index contributed by atoms with van der Waals surface area (Å²) in [5.41, 5.74) is -0.860. The van der Waals surface area contributed by atoms with Crippen molar-refractivity contribution in [2.24, 2.45) is 0 Å². The molecular weight excluding hydrogens is 272 g/mol. The minimum Gasteiger partial charge on any atom is -0.385 e. The number of aliphatic hydroxyl groups is 1. The van der Waals surface area contributed by atoms with Crippen LogP contribution in [0.15, 0.2) is 12.7 Å². The van der Waals surface area contributed by atoms with E-state index in [1.165, 1.54) is 7.11 Å². The maximum atomic E-state index is 10.3. The monoisotopic (exact) mass is 302 g/mol. The Hall–Kier alpha value is -0.460. The molecule has 5 heteroatoms. The summed E-state index contributed by atoms with van der Waals surface area (Å²) in [6.07, 6.45) is 3.61. The van der Waals surface area contributed by atoms with Crippen molar-refractivity contribution in [2.45, 2.75) is 63.6 Å². The lowest BCUT2D eigenvalue weighted by Crippen LogP contribution is -2.47. The van der Waals surface area contributed by atoms with Crippen LogP contribution in [0.5, 0.6) is 0 Å². The lowest BCUT2D eigenvalue weighted by Gasteiger charge is -2.31. The van der Waals surface area contributed by atoms with E-state index in [1.54, 1.807) is 6.08 Å². The highest BCUT2D eigenvalue weighted by molar-refractivity contribution is 5.11. The van der Waals surface area contributed by atoms with Gasteiger partial charge in [-0.2, -0.15) is 0 Å². The molecule has 5 nitrogen and oxygen atoms in total. The fourth-order valence-electron chi connectivity index (χ4n) is 2.38. The molecule has 1 rings (SSSR count). The van der Waals surface area contributed by atoms with Crippen molar-refractivity contribution in [3.63, 3.8) is 0 Å². The third-order valence-corrected chi connectivity index (χ3v) is 3.75. The summed E-state index contributed by atoms with van der Waals surface area (Å²) in [6, 6.07) is 0. The van der Waals surface area contributed by atoms with Gasteiger partial charge in [-0.05, 0) is 12.8 Å². The fourth-order valence-corrected chi connectivity index (χ4v) is 2.38. The second-order valence-electron chi connectivity index (χ2n) is 5.42. The molecule has 124 valence electrons. The lowest BCUT2D eigenvalue weighted by molar-refractivity contribution is -0.178. The molecule has 0 aliphatic carbocycles. The Balaban J connectivity index is 2.71. The maximum absolute atomic E-state index is 10.3. The third-order valence-electron chi connectivity index (χ3n) is 3.75. The van der Waals surface area contributed by atoms with Crippen molar-refractivity contribution in [1.82, 2.24) is 0 Å². The van der Waals surface area contributed by atoms with Gasteiger partial charge in [0.1, 0.15) is 17.8 Å². The van der Waals surface area contributed by atoms with Gasteiger partial charge in [-0.25, -0.2) is 0 Å². The molecule has 1 aliphatic rings. The van der Waals surface area contributed by atoms with Gasteiger partial charge in [-0.1, -0.05) is 32.8 Å². The summed E-state index contributed by atoms with van der Waals surface area (Å²) in [4.78, 5) is 0. The number of ether oxygens (including phenoxy) is 4. The molecule has 1 saturated heterocycles. The average Bonchev–Trinajstić information content (AvgIpc) is 2.77. The second kappa shape index (κ2) is 9.54. The highest BCUT2D eigenvalue weighted by Crippen LogP contribution is 2.35. The normalized spacial score (nSPS) is 32.5. The van der Waals surface area contributed by atoms with E-state index < -0.39 is 24.1 Å². The number of hydrogen-bond acceptors (Lipinski definition) is 5. The zero-order valence-corrected chi connectivity index (χ0v) is 13.5. The predicted octanol–water partition coefficient (Wildman–Crippen LogP) is 2.28. The SMILES string of the molecule is C=C[C@]1(COCCCC)OC(OC)[C@H](O)[C@@H]1OCCCC. The molecule has 0 amide bonds. The van der Waals surface area contributed by atoms with Crippen molar-refractivity contribution in [2.75, 3.05) is 26.9 Å². The Kier molecular flexibility index (Phi) is 8.44. The quantitative estimate of drug-likeness (QED) is 0.469. The van der Waals surface area contributed by atoms with E-state index >= 15 is 0 Å². The lowest BCUT2D eigenvalue weighted by atomic mass is 9.96. The number of methoxy groups -OCH3 is 1. The fraction of sp³-hybridized carbons (Fsp3) is 0.875. The number of aliphatic hydroxyl groups excluding tert-OH is 1. The summed E-state index contributed by atoms with van der Waals surface area (Å²) in [5.74, 6) is 0. The van der Waals surface area contributed by atoms with Crippen LogP contribution in [0, 0.1) is 0 Å². The first-order chi connectivity index (χ1) is 10.1.